The quantitative estimate of drug-likeness (QED) is 0.643. The van der Waals surface area contributed by atoms with Crippen LogP contribution in [0.2, 0.25) is 0 Å². The van der Waals surface area contributed by atoms with Gasteiger partial charge in [0.05, 0.1) is 11.0 Å². The van der Waals surface area contributed by atoms with Crippen molar-refractivity contribution in [1.82, 2.24) is 9.97 Å². The van der Waals surface area contributed by atoms with Gasteiger partial charge in [-0.1, -0.05) is 0 Å². The summed E-state index contributed by atoms with van der Waals surface area (Å²) in [7, 11) is 0. The van der Waals surface area contributed by atoms with Crippen molar-refractivity contribution in [3.63, 3.8) is 0 Å². The Morgan fingerprint density at radius 1 is 1.22 bits per heavy atom. The lowest BCUT2D eigenvalue weighted by atomic mass is 10.2. The minimum absolute atomic E-state index is 0.0383. The molecule has 92 valence electrons. The van der Waals surface area contributed by atoms with Crippen molar-refractivity contribution in [2.75, 3.05) is 11.9 Å². The SMILES string of the molecule is O=[N+]([O-])c1ccnc(NCCc2ccncc2)c1. The molecule has 0 bridgehead atoms. The molecule has 0 aromatic carbocycles. The van der Waals surface area contributed by atoms with Crippen molar-refractivity contribution in [3.8, 4) is 0 Å². The van der Waals surface area contributed by atoms with E-state index >= 15 is 0 Å². The minimum atomic E-state index is -0.435. The molecule has 0 spiro atoms. The first-order valence-corrected chi connectivity index (χ1v) is 5.49. The van der Waals surface area contributed by atoms with Crippen LogP contribution in [-0.4, -0.2) is 21.4 Å². The molecule has 0 amide bonds. The van der Waals surface area contributed by atoms with Gasteiger partial charge < -0.3 is 5.32 Å². The number of nitro groups is 1. The summed E-state index contributed by atoms with van der Waals surface area (Å²) in [5.41, 5.74) is 1.19. The maximum absolute atomic E-state index is 10.6. The minimum Gasteiger partial charge on any atom is -0.370 e. The van der Waals surface area contributed by atoms with E-state index in [1.165, 1.54) is 18.3 Å². The highest BCUT2D eigenvalue weighted by Gasteiger charge is 2.05. The first-order valence-electron chi connectivity index (χ1n) is 5.49. The summed E-state index contributed by atoms with van der Waals surface area (Å²) in [5, 5.41) is 13.6. The van der Waals surface area contributed by atoms with Gasteiger partial charge in [0.1, 0.15) is 5.82 Å². The van der Waals surface area contributed by atoms with Crippen molar-refractivity contribution < 1.29 is 4.92 Å². The summed E-state index contributed by atoms with van der Waals surface area (Å²) in [6.45, 7) is 0.665. The third-order valence-electron chi connectivity index (χ3n) is 2.42. The second-order valence-corrected chi connectivity index (χ2v) is 3.69. The van der Waals surface area contributed by atoms with Gasteiger partial charge in [-0.3, -0.25) is 15.1 Å². The standard InChI is InChI=1S/C12H12N4O2/c17-16(18)11-4-8-15-12(9-11)14-7-3-10-1-5-13-6-2-10/h1-2,4-6,8-9H,3,7H2,(H,14,15). The van der Waals surface area contributed by atoms with Crippen LogP contribution in [0.4, 0.5) is 11.5 Å². The van der Waals surface area contributed by atoms with Gasteiger partial charge in [-0.15, -0.1) is 0 Å². The van der Waals surface area contributed by atoms with Crippen LogP contribution >= 0.6 is 0 Å². The first-order chi connectivity index (χ1) is 8.75. The van der Waals surface area contributed by atoms with Crippen molar-refractivity contribution in [2.45, 2.75) is 6.42 Å². The largest absolute Gasteiger partial charge is 0.370 e. The summed E-state index contributed by atoms with van der Waals surface area (Å²) in [6.07, 6.45) is 5.71. The van der Waals surface area contributed by atoms with E-state index < -0.39 is 4.92 Å². The summed E-state index contributed by atoms with van der Waals surface area (Å²) >= 11 is 0. The molecule has 1 N–H and O–H groups in total. The van der Waals surface area contributed by atoms with E-state index in [1.807, 2.05) is 12.1 Å². The lowest BCUT2D eigenvalue weighted by Crippen LogP contribution is -2.06. The third-order valence-corrected chi connectivity index (χ3v) is 2.42. The fourth-order valence-corrected chi connectivity index (χ4v) is 1.51. The van der Waals surface area contributed by atoms with Gasteiger partial charge in [-0.05, 0) is 24.1 Å². The zero-order valence-corrected chi connectivity index (χ0v) is 9.61. The molecule has 0 saturated carbocycles. The third kappa shape index (κ3) is 3.24. The number of nitrogens with one attached hydrogen (secondary N) is 1. The van der Waals surface area contributed by atoms with Crippen molar-refractivity contribution in [1.29, 1.82) is 0 Å². The van der Waals surface area contributed by atoms with Crippen LogP contribution in [0.15, 0.2) is 42.9 Å². The fraction of sp³-hybridized carbons (Fsp3) is 0.167. The van der Waals surface area contributed by atoms with E-state index in [9.17, 15) is 10.1 Å². The molecule has 0 fully saturated rings. The van der Waals surface area contributed by atoms with E-state index in [0.29, 0.717) is 12.4 Å². The van der Waals surface area contributed by atoms with Crippen molar-refractivity contribution in [2.24, 2.45) is 0 Å². The monoisotopic (exact) mass is 244 g/mol. The number of anilines is 1. The topological polar surface area (TPSA) is 81.0 Å². The van der Waals surface area contributed by atoms with Gasteiger partial charge >= 0.3 is 0 Å². The van der Waals surface area contributed by atoms with Gasteiger partial charge in [-0.25, -0.2) is 4.98 Å². The Morgan fingerprint density at radius 3 is 2.72 bits per heavy atom. The molecular formula is C12H12N4O2. The maximum Gasteiger partial charge on any atom is 0.274 e. The normalized spacial score (nSPS) is 10.0. The van der Waals surface area contributed by atoms with Gasteiger partial charge in [0.15, 0.2) is 0 Å². The highest BCUT2D eigenvalue weighted by Crippen LogP contribution is 2.13. The molecule has 2 aromatic rings. The Bertz CT molecular complexity index is 531. The number of nitrogens with zero attached hydrogens (tertiary/aromatic N) is 3. The van der Waals surface area contributed by atoms with E-state index in [0.717, 1.165) is 12.0 Å². The lowest BCUT2D eigenvalue weighted by molar-refractivity contribution is -0.384. The lowest BCUT2D eigenvalue weighted by Gasteiger charge is -2.04. The predicted molar refractivity (Wildman–Crippen MR) is 67.3 cm³/mol. The van der Waals surface area contributed by atoms with Gasteiger partial charge in [0, 0.05) is 31.2 Å². The molecule has 0 saturated heterocycles. The molecule has 2 rings (SSSR count). The smallest absolute Gasteiger partial charge is 0.274 e. The van der Waals surface area contributed by atoms with Crippen molar-refractivity contribution in [3.05, 3.63) is 58.5 Å². The molecule has 2 heterocycles. The Hall–Kier alpha value is -2.50. The number of rotatable bonds is 5. The highest BCUT2D eigenvalue weighted by molar-refractivity contribution is 5.44. The molecule has 6 heteroatoms. The van der Waals surface area contributed by atoms with Crippen LogP contribution in [0.25, 0.3) is 0 Å². The van der Waals surface area contributed by atoms with Crippen LogP contribution in [-0.2, 0) is 6.42 Å². The molecule has 0 unspecified atom stereocenters. The van der Waals surface area contributed by atoms with Crippen LogP contribution in [0.1, 0.15) is 5.56 Å². The second kappa shape index (κ2) is 5.72. The molecule has 6 nitrogen and oxygen atoms in total. The molecule has 0 radical (unpaired) electrons. The Kier molecular flexibility index (Phi) is 3.80. The van der Waals surface area contributed by atoms with Gasteiger partial charge in [-0.2, -0.15) is 0 Å². The molecule has 0 aliphatic heterocycles. The first kappa shape index (κ1) is 12.0. The van der Waals surface area contributed by atoms with Crippen LogP contribution in [0.5, 0.6) is 0 Å². The van der Waals surface area contributed by atoms with E-state index in [2.05, 4.69) is 15.3 Å². The number of pyridine rings is 2. The highest BCUT2D eigenvalue weighted by atomic mass is 16.6. The zero-order valence-electron chi connectivity index (χ0n) is 9.61. The summed E-state index contributed by atoms with van der Waals surface area (Å²) in [4.78, 5) is 18.1. The number of hydrogen-bond acceptors (Lipinski definition) is 5. The summed E-state index contributed by atoms with van der Waals surface area (Å²) < 4.78 is 0. The number of hydrogen-bond donors (Lipinski definition) is 1. The van der Waals surface area contributed by atoms with Gasteiger partial charge in [0.25, 0.3) is 5.69 Å². The van der Waals surface area contributed by atoms with E-state index in [-0.39, 0.29) is 5.69 Å². The molecule has 0 aliphatic carbocycles. The average molecular weight is 244 g/mol. The van der Waals surface area contributed by atoms with Crippen LogP contribution < -0.4 is 5.32 Å². The Balaban J connectivity index is 1.90. The van der Waals surface area contributed by atoms with E-state index in [4.69, 9.17) is 0 Å². The molecule has 0 aliphatic rings. The predicted octanol–water partition coefficient (Wildman–Crippen LogP) is 2.04. The molecule has 2 aromatic heterocycles. The van der Waals surface area contributed by atoms with Gasteiger partial charge in [0.2, 0.25) is 0 Å². The van der Waals surface area contributed by atoms with E-state index in [1.54, 1.807) is 12.4 Å². The molecule has 18 heavy (non-hydrogen) atoms. The fourth-order valence-electron chi connectivity index (χ4n) is 1.51. The summed E-state index contributed by atoms with van der Waals surface area (Å²) in [5.74, 6) is 0.512. The van der Waals surface area contributed by atoms with Crippen LogP contribution in [0, 0.1) is 10.1 Å². The maximum atomic E-state index is 10.6. The number of aromatic nitrogens is 2. The summed E-state index contributed by atoms with van der Waals surface area (Å²) in [6, 6.07) is 6.66. The average Bonchev–Trinajstić information content (AvgIpc) is 2.40. The van der Waals surface area contributed by atoms with Crippen molar-refractivity contribution >= 4 is 11.5 Å². The zero-order chi connectivity index (χ0) is 12.8. The van der Waals surface area contributed by atoms with Crippen LogP contribution in [0.3, 0.4) is 0 Å². The Labute approximate surface area is 104 Å². The molecule has 0 atom stereocenters. The molecular weight excluding hydrogens is 232 g/mol. The Morgan fingerprint density at radius 2 is 2.00 bits per heavy atom. The second-order valence-electron chi connectivity index (χ2n) is 3.69.